The fraction of sp³-hybridized carbons (Fsp3) is 0.846. The Labute approximate surface area is 103 Å². The summed E-state index contributed by atoms with van der Waals surface area (Å²) in [7, 11) is 0. The lowest BCUT2D eigenvalue weighted by atomic mass is 9.93. The van der Waals surface area contributed by atoms with Crippen molar-refractivity contribution in [1.29, 1.82) is 0 Å². The van der Waals surface area contributed by atoms with Gasteiger partial charge in [0.05, 0.1) is 6.54 Å². The summed E-state index contributed by atoms with van der Waals surface area (Å²) in [6, 6.07) is 0. The van der Waals surface area contributed by atoms with Crippen LogP contribution in [0.25, 0.3) is 0 Å². The summed E-state index contributed by atoms with van der Waals surface area (Å²) in [6.45, 7) is 6.89. The van der Waals surface area contributed by atoms with E-state index in [9.17, 15) is 9.59 Å². The molecule has 1 heterocycles. The topological polar surface area (TPSA) is 49.4 Å². The third-order valence-corrected chi connectivity index (χ3v) is 4.15. The molecule has 0 spiro atoms. The number of nitrogens with zero attached hydrogens (tertiary/aromatic N) is 1. The van der Waals surface area contributed by atoms with Crippen molar-refractivity contribution in [3.8, 4) is 0 Å². The molecule has 1 saturated carbocycles. The fourth-order valence-electron chi connectivity index (χ4n) is 2.54. The molecule has 1 saturated heterocycles. The van der Waals surface area contributed by atoms with Gasteiger partial charge < -0.3 is 10.2 Å². The number of hydrogen-bond donors (Lipinski definition) is 1. The van der Waals surface area contributed by atoms with Crippen LogP contribution in [0, 0.1) is 11.8 Å². The van der Waals surface area contributed by atoms with E-state index in [0.29, 0.717) is 12.3 Å². The molecular weight excluding hydrogens is 216 g/mol. The summed E-state index contributed by atoms with van der Waals surface area (Å²) < 4.78 is 0. The molecule has 96 valence electrons. The van der Waals surface area contributed by atoms with E-state index in [2.05, 4.69) is 12.2 Å². The van der Waals surface area contributed by atoms with Gasteiger partial charge in [0.2, 0.25) is 11.8 Å². The van der Waals surface area contributed by atoms with Crippen LogP contribution in [0.4, 0.5) is 0 Å². The molecule has 0 bridgehead atoms. The van der Waals surface area contributed by atoms with Crippen LogP contribution >= 0.6 is 0 Å². The van der Waals surface area contributed by atoms with Crippen LogP contribution in [0.5, 0.6) is 0 Å². The number of hydrogen-bond acceptors (Lipinski definition) is 2. The van der Waals surface area contributed by atoms with Gasteiger partial charge in [0, 0.05) is 6.54 Å². The van der Waals surface area contributed by atoms with Gasteiger partial charge in [-0.25, -0.2) is 0 Å². The highest BCUT2D eigenvalue weighted by molar-refractivity contribution is 5.97. The number of carbonyl (C=O) groups excluding carboxylic acids is 2. The Morgan fingerprint density at radius 3 is 2.65 bits per heavy atom. The van der Waals surface area contributed by atoms with E-state index in [1.54, 1.807) is 4.90 Å². The van der Waals surface area contributed by atoms with Gasteiger partial charge in [-0.3, -0.25) is 9.59 Å². The van der Waals surface area contributed by atoms with E-state index >= 15 is 0 Å². The van der Waals surface area contributed by atoms with Crippen LogP contribution in [-0.2, 0) is 9.59 Å². The minimum atomic E-state index is -0.696. The van der Waals surface area contributed by atoms with Crippen molar-refractivity contribution >= 4 is 11.8 Å². The Kier molecular flexibility index (Phi) is 3.15. The van der Waals surface area contributed by atoms with Gasteiger partial charge in [-0.05, 0) is 38.0 Å². The van der Waals surface area contributed by atoms with Crippen molar-refractivity contribution in [1.82, 2.24) is 10.2 Å². The van der Waals surface area contributed by atoms with Crippen LogP contribution in [0.1, 0.15) is 40.0 Å². The zero-order valence-corrected chi connectivity index (χ0v) is 11.0. The standard InChI is InChI=1S/C13H22N2O2/c1-4-13(3)12(17)15(8-11(16)14-13)7-9(2)10-5-6-10/h9-10H,4-8H2,1-3H3,(H,14,16). The lowest BCUT2D eigenvalue weighted by Crippen LogP contribution is -2.65. The smallest absolute Gasteiger partial charge is 0.248 e. The molecule has 17 heavy (non-hydrogen) atoms. The highest BCUT2D eigenvalue weighted by Crippen LogP contribution is 2.37. The molecule has 1 N–H and O–H groups in total. The van der Waals surface area contributed by atoms with Gasteiger partial charge >= 0.3 is 0 Å². The Morgan fingerprint density at radius 1 is 1.47 bits per heavy atom. The molecule has 2 rings (SSSR count). The molecule has 2 atom stereocenters. The second-order valence-corrected chi connectivity index (χ2v) is 5.73. The van der Waals surface area contributed by atoms with Crippen LogP contribution in [0.2, 0.25) is 0 Å². The molecule has 0 aromatic rings. The molecule has 2 unspecified atom stereocenters. The number of piperazine rings is 1. The summed E-state index contributed by atoms with van der Waals surface area (Å²) in [5.41, 5.74) is -0.696. The normalized spacial score (nSPS) is 31.4. The van der Waals surface area contributed by atoms with Crippen molar-refractivity contribution in [2.24, 2.45) is 11.8 Å². The molecule has 2 aliphatic rings. The third kappa shape index (κ3) is 2.45. The zero-order valence-electron chi connectivity index (χ0n) is 11.0. The summed E-state index contributed by atoms with van der Waals surface area (Å²) in [4.78, 5) is 25.7. The molecule has 0 aromatic heterocycles. The number of rotatable bonds is 4. The first-order valence-corrected chi connectivity index (χ1v) is 6.56. The molecule has 4 nitrogen and oxygen atoms in total. The SMILES string of the molecule is CCC1(C)NC(=O)CN(CC(C)C2CC2)C1=O. The van der Waals surface area contributed by atoms with Crippen LogP contribution in [0.3, 0.4) is 0 Å². The summed E-state index contributed by atoms with van der Waals surface area (Å²) in [5.74, 6) is 1.33. The molecular formula is C13H22N2O2. The highest BCUT2D eigenvalue weighted by atomic mass is 16.2. The molecule has 2 fully saturated rings. The predicted molar refractivity (Wildman–Crippen MR) is 65.3 cm³/mol. The number of carbonyl (C=O) groups is 2. The molecule has 2 amide bonds. The van der Waals surface area contributed by atoms with Crippen LogP contribution < -0.4 is 5.32 Å². The van der Waals surface area contributed by atoms with E-state index in [1.807, 2.05) is 13.8 Å². The van der Waals surface area contributed by atoms with Gasteiger partial charge in [0.1, 0.15) is 5.54 Å². The summed E-state index contributed by atoms with van der Waals surface area (Å²) in [6.07, 6.45) is 3.20. The van der Waals surface area contributed by atoms with Crippen molar-refractivity contribution in [2.75, 3.05) is 13.1 Å². The van der Waals surface area contributed by atoms with E-state index in [-0.39, 0.29) is 18.4 Å². The van der Waals surface area contributed by atoms with Gasteiger partial charge in [-0.2, -0.15) is 0 Å². The maximum Gasteiger partial charge on any atom is 0.248 e. The predicted octanol–water partition coefficient (Wildman–Crippen LogP) is 1.16. The van der Waals surface area contributed by atoms with Crippen molar-refractivity contribution in [3.63, 3.8) is 0 Å². The number of nitrogens with one attached hydrogen (secondary N) is 1. The fourth-order valence-corrected chi connectivity index (χ4v) is 2.54. The molecule has 0 radical (unpaired) electrons. The lowest BCUT2D eigenvalue weighted by molar-refractivity contribution is -0.150. The lowest BCUT2D eigenvalue weighted by Gasteiger charge is -2.40. The molecule has 1 aliphatic heterocycles. The van der Waals surface area contributed by atoms with Gasteiger partial charge in [-0.15, -0.1) is 0 Å². The van der Waals surface area contributed by atoms with E-state index in [0.717, 1.165) is 12.5 Å². The molecule has 4 heteroatoms. The van der Waals surface area contributed by atoms with Gasteiger partial charge in [-0.1, -0.05) is 13.8 Å². The Balaban J connectivity index is 2.04. The van der Waals surface area contributed by atoms with Gasteiger partial charge in [0.25, 0.3) is 0 Å². The molecule has 1 aliphatic carbocycles. The van der Waals surface area contributed by atoms with Crippen LogP contribution in [0.15, 0.2) is 0 Å². The second kappa shape index (κ2) is 4.31. The first-order chi connectivity index (χ1) is 7.96. The van der Waals surface area contributed by atoms with E-state index in [4.69, 9.17) is 0 Å². The Hall–Kier alpha value is -1.06. The van der Waals surface area contributed by atoms with Crippen molar-refractivity contribution in [2.45, 2.75) is 45.6 Å². The number of amides is 2. The van der Waals surface area contributed by atoms with Crippen molar-refractivity contribution in [3.05, 3.63) is 0 Å². The average molecular weight is 238 g/mol. The average Bonchev–Trinajstić information content (AvgIpc) is 3.08. The summed E-state index contributed by atoms with van der Waals surface area (Å²) >= 11 is 0. The maximum atomic E-state index is 12.3. The van der Waals surface area contributed by atoms with E-state index in [1.165, 1.54) is 12.8 Å². The molecule has 0 aromatic carbocycles. The summed E-state index contributed by atoms with van der Waals surface area (Å²) in [5, 5.41) is 2.81. The first-order valence-electron chi connectivity index (χ1n) is 6.56. The largest absolute Gasteiger partial charge is 0.340 e. The van der Waals surface area contributed by atoms with Crippen LogP contribution in [-0.4, -0.2) is 35.3 Å². The monoisotopic (exact) mass is 238 g/mol. The quantitative estimate of drug-likeness (QED) is 0.799. The third-order valence-electron chi connectivity index (χ3n) is 4.15. The Bertz CT molecular complexity index is 338. The Morgan fingerprint density at radius 2 is 2.12 bits per heavy atom. The highest BCUT2D eigenvalue weighted by Gasteiger charge is 2.42. The minimum Gasteiger partial charge on any atom is -0.340 e. The first kappa shape index (κ1) is 12.4. The second-order valence-electron chi connectivity index (χ2n) is 5.73. The maximum absolute atomic E-state index is 12.3. The van der Waals surface area contributed by atoms with Crippen molar-refractivity contribution < 1.29 is 9.59 Å². The minimum absolute atomic E-state index is 0.0306. The van der Waals surface area contributed by atoms with Gasteiger partial charge in [0.15, 0.2) is 0 Å². The zero-order chi connectivity index (χ0) is 12.6. The van der Waals surface area contributed by atoms with E-state index < -0.39 is 5.54 Å².